The van der Waals surface area contributed by atoms with E-state index in [1.807, 2.05) is 18.2 Å². The van der Waals surface area contributed by atoms with Crippen LogP contribution in [0.15, 0.2) is 18.2 Å². The zero-order valence-electron chi connectivity index (χ0n) is 12.8. The summed E-state index contributed by atoms with van der Waals surface area (Å²) in [6.07, 6.45) is 1.33. The van der Waals surface area contributed by atoms with Crippen molar-refractivity contribution in [2.75, 3.05) is 27.3 Å². The predicted octanol–water partition coefficient (Wildman–Crippen LogP) is 2.78. The maximum absolute atomic E-state index is 6.23. The Morgan fingerprint density at radius 1 is 1.25 bits per heavy atom. The van der Waals surface area contributed by atoms with Gasteiger partial charge in [0.05, 0.1) is 26.4 Å². The van der Waals surface area contributed by atoms with Crippen LogP contribution < -0.4 is 14.8 Å². The molecule has 0 radical (unpaired) electrons. The van der Waals surface area contributed by atoms with Crippen molar-refractivity contribution in [2.45, 2.75) is 32.5 Å². The van der Waals surface area contributed by atoms with Crippen molar-refractivity contribution in [1.29, 1.82) is 0 Å². The number of ether oxygens (including phenoxy) is 3. The van der Waals surface area contributed by atoms with E-state index < -0.39 is 0 Å². The number of nitrogens with one attached hydrogen (secondary N) is 1. The van der Waals surface area contributed by atoms with E-state index in [1.54, 1.807) is 14.2 Å². The smallest absolute Gasteiger partial charge is 0.124 e. The minimum Gasteiger partial charge on any atom is -0.497 e. The molecule has 0 aromatic heterocycles. The number of hydrogen-bond donors (Lipinski definition) is 1. The standard InChI is InChI=1S/C16H25NO3/c1-11(2)7-13-9-17-10-16(20-13)14-8-12(18-3)5-6-15(14)19-4/h5-6,8,11,13,16-17H,7,9-10H2,1-4H3. The molecule has 112 valence electrons. The molecule has 4 heteroatoms. The third-order valence-electron chi connectivity index (χ3n) is 3.58. The predicted molar refractivity (Wildman–Crippen MR) is 79.5 cm³/mol. The summed E-state index contributed by atoms with van der Waals surface area (Å²) in [6, 6.07) is 5.84. The van der Waals surface area contributed by atoms with Crippen LogP contribution in [0.3, 0.4) is 0 Å². The van der Waals surface area contributed by atoms with Crippen molar-refractivity contribution in [3.63, 3.8) is 0 Å². The van der Waals surface area contributed by atoms with Gasteiger partial charge in [0, 0.05) is 18.7 Å². The SMILES string of the molecule is COc1ccc(OC)c(C2CNCC(CC(C)C)O2)c1. The second kappa shape index (κ2) is 6.95. The molecule has 1 aromatic carbocycles. The van der Waals surface area contributed by atoms with Crippen LogP contribution in [0, 0.1) is 5.92 Å². The van der Waals surface area contributed by atoms with Crippen LogP contribution in [0.25, 0.3) is 0 Å². The van der Waals surface area contributed by atoms with Crippen molar-refractivity contribution in [1.82, 2.24) is 5.32 Å². The molecule has 1 fully saturated rings. The first kappa shape index (κ1) is 15.1. The topological polar surface area (TPSA) is 39.7 Å². The molecule has 0 amide bonds. The van der Waals surface area contributed by atoms with Crippen molar-refractivity contribution < 1.29 is 14.2 Å². The maximum atomic E-state index is 6.23. The second-order valence-electron chi connectivity index (χ2n) is 5.64. The molecule has 2 rings (SSSR count). The minimum absolute atomic E-state index is 0.0116. The Balaban J connectivity index is 2.17. The van der Waals surface area contributed by atoms with Crippen LogP contribution in [-0.4, -0.2) is 33.4 Å². The minimum atomic E-state index is 0.0116. The summed E-state index contributed by atoms with van der Waals surface area (Å²) < 4.78 is 17.0. The average Bonchev–Trinajstić information content (AvgIpc) is 2.46. The summed E-state index contributed by atoms with van der Waals surface area (Å²) in [5, 5.41) is 3.46. The van der Waals surface area contributed by atoms with E-state index >= 15 is 0 Å². The lowest BCUT2D eigenvalue weighted by molar-refractivity contribution is -0.0482. The highest BCUT2D eigenvalue weighted by atomic mass is 16.5. The molecule has 2 unspecified atom stereocenters. The molecule has 1 N–H and O–H groups in total. The van der Waals surface area contributed by atoms with Crippen LogP contribution in [0.2, 0.25) is 0 Å². The highest BCUT2D eigenvalue weighted by molar-refractivity contribution is 5.42. The van der Waals surface area contributed by atoms with E-state index in [9.17, 15) is 0 Å². The highest BCUT2D eigenvalue weighted by Gasteiger charge is 2.26. The Morgan fingerprint density at radius 2 is 2.05 bits per heavy atom. The van der Waals surface area contributed by atoms with Gasteiger partial charge in [0.25, 0.3) is 0 Å². The summed E-state index contributed by atoms with van der Waals surface area (Å²) in [6.45, 7) is 6.16. The monoisotopic (exact) mass is 279 g/mol. The van der Waals surface area contributed by atoms with Gasteiger partial charge in [-0.05, 0) is 30.5 Å². The van der Waals surface area contributed by atoms with Crippen LogP contribution in [0.4, 0.5) is 0 Å². The van der Waals surface area contributed by atoms with Gasteiger partial charge in [-0.3, -0.25) is 0 Å². The normalized spacial score (nSPS) is 22.9. The van der Waals surface area contributed by atoms with Crippen molar-refractivity contribution in [3.05, 3.63) is 23.8 Å². The van der Waals surface area contributed by atoms with Crippen molar-refractivity contribution >= 4 is 0 Å². The largest absolute Gasteiger partial charge is 0.497 e. The van der Waals surface area contributed by atoms with Gasteiger partial charge in [0.1, 0.15) is 11.5 Å². The van der Waals surface area contributed by atoms with E-state index in [-0.39, 0.29) is 12.2 Å². The van der Waals surface area contributed by atoms with E-state index in [4.69, 9.17) is 14.2 Å². The Morgan fingerprint density at radius 3 is 2.70 bits per heavy atom. The summed E-state index contributed by atoms with van der Waals surface area (Å²) in [5.41, 5.74) is 1.05. The number of rotatable bonds is 5. The number of morpholine rings is 1. The van der Waals surface area contributed by atoms with Gasteiger partial charge in [-0.2, -0.15) is 0 Å². The van der Waals surface area contributed by atoms with Gasteiger partial charge in [-0.1, -0.05) is 13.8 Å². The number of methoxy groups -OCH3 is 2. The van der Waals surface area contributed by atoms with Crippen LogP contribution in [-0.2, 0) is 4.74 Å². The molecular formula is C16H25NO3. The van der Waals surface area contributed by atoms with Crippen LogP contribution in [0.1, 0.15) is 31.9 Å². The molecule has 1 aliphatic heterocycles. The van der Waals surface area contributed by atoms with Gasteiger partial charge >= 0.3 is 0 Å². The zero-order valence-corrected chi connectivity index (χ0v) is 12.8. The third kappa shape index (κ3) is 3.64. The lowest BCUT2D eigenvalue weighted by Gasteiger charge is -2.32. The van der Waals surface area contributed by atoms with Gasteiger partial charge in [0.2, 0.25) is 0 Å². The molecule has 0 bridgehead atoms. The first-order valence-corrected chi connectivity index (χ1v) is 7.22. The fraction of sp³-hybridized carbons (Fsp3) is 0.625. The fourth-order valence-corrected chi connectivity index (χ4v) is 2.64. The van der Waals surface area contributed by atoms with Gasteiger partial charge in [-0.25, -0.2) is 0 Å². The van der Waals surface area contributed by atoms with Gasteiger partial charge < -0.3 is 19.5 Å². The van der Waals surface area contributed by atoms with E-state index in [1.165, 1.54) is 0 Å². The molecule has 2 atom stereocenters. The average molecular weight is 279 g/mol. The van der Waals surface area contributed by atoms with Gasteiger partial charge in [0.15, 0.2) is 0 Å². The van der Waals surface area contributed by atoms with Gasteiger partial charge in [-0.15, -0.1) is 0 Å². The highest BCUT2D eigenvalue weighted by Crippen LogP contribution is 2.33. The Labute approximate surface area is 121 Å². The quantitative estimate of drug-likeness (QED) is 0.899. The zero-order chi connectivity index (χ0) is 14.5. The Hall–Kier alpha value is -1.26. The second-order valence-corrected chi connectivity index (χ2v) is 5.64. The third-order valence-corrected chi connectivity index (χ3v) is 3.58. The summed E-state index contributed by atoms with van der Waals surface area (Å²) in [4.78, 5) is 0. The molecule has 1 aromatic rings. The van der Waals surface area contributed by atoms with E-state index in [0.717, 1.165) is 36.6 Å². The lowest BCUT2D eigenvalue weighted by atomic mass is 10.0. The molecule has 0 spiro atoms. The molecule has 0 aliphatic carbocycles. The van der Waals surface area contributed by atoms with Crippen molar-refractivity contribution in [3.8, 4) is 11.5 Å². The first-order valence-electron chi connectivity index (χ1n) is 7.22. The summed E-state index contributed by atoms with van der Waals surface area (Å²) in [7, 11) is 3.36. The van der Waals surface area contributed by atoms with Crippen LogP contribution in [0.5, 0.6) is 11.5 Å². The van der Waals surface area contributed by atoms with E-state index in [0.29, 0.717) is 5.92 Å². The number of hydrogen-bond acceptors (Lipinski definition) is 4. The number of benzene rings is 1. The molecule has 1 heterocycles. The molecule has 0 saturated carbocycles. The lowest BCUT2D eigenvalue weighted by Crippen LogP contribution is -2.41. The summed E-state index contributed by atoms with van der Waals surface area (Å²) >= 11 is 0. The Bertz CT molecular complexity index is 434. The molecular weight excluding hydrogens is 254 g/mol. The summed E-state index contributed by atoms with van der Waals surface area (Å²) in [5.74, 6) is 2.31. The molecule has 1 aliphatic rings. The molecule has 4 nitrogen and oxygen atoms in total. The Kier molecular flexibility index (Phi) is 5.26. The van der Waals surface area contributed by atoms with Crippen molar-refractivity contribution in [2.24, 2.45) is 5.92 Å². The molecule has 1 saturated heterocycles. The first-order chi connectivity index (χ1) is 9.63. The van der Waals surface area contributed by atoms with Crippen LogP contribution >= 0.6 is 0 Å². The van der Waals surface area contributed by atoms with E-state index in [2.05, 4.69) is 19.2 Å². The fourth-order valence-electron chi connectivity index (χ4n) is 2.64. The molecule has 20 heavy (non-hydrogen) atoms. The maximum Gasteiger partial charge on any atom is 0.124 e.